The minimum Gasteiger partial charge on any atom is -0.248 e. The standard InChI is InChI=1S/C62H38N6/c1-4-12-39(13-5-1)52-33-28-44-22-23-45-29-34-54(66-61(45)60(44)65-52)51-31-30-48(49-18-10-11-19-50(49)51)46-24-20-42-26-32-53(63-56(42)36-46)47-25-21-43-27-35-55(64-57(43)37-47)62-67-58(40-14-6-2-7-15-40)38-59(68-62)41-16-8-3-9-17-41/h1-38H. The summed E-state index contributed by atoms with van der Waals surface area (Å²) < 4.78 is 0. The molecule has 13 aromatic rings. The molecule has 0 spiro atoms. The van der Waals surface area contributed by atoms with Gasteiger partial charge in [0.2, 0.25) is 0 Å². The molecule has 0 N–H and O–H groups in total. The summed E-state index contributed by atoms with van der Waals surface area (Å²) in [6.07, 6.45) is 0. The zero-order chi connectivity index (χ0) is 45.0. The fourth-order valence-corrected chi connectivity index (χ4v) is 9.38. The highest BCUT2D eigenvalue weighted by molar-refractivity contribution is 6.08. The van der Waals surface area contributed by atoms with Crippen LogP contribution in [0.2, 0.25) is 0 Å². The van der Waals surface area contributed by atoms with Crippen LogP contribution < -0.4 is 0 Å². The van der Waals surface area contributed by atoms with E-state index in [0.717, 1.165) is 122 Å². The SMILES string of the molecule is c1ccc(-c2cc(-c3ccccc3)nc(-c3ccc4ccc(-c5ccc6ccc(-c7ccc(-c8ccc9ccc%10ccc(-c%11ccccc%11)nc%10c9n8)c8ccccc78)cc6n5)cc4n3)n2)cc1. The van der Waals surface area contributed by atoms with Crippen LogP contribution in [0, 0.1) is 0 Å². The van der Waals surface area contributed by atoms with Crippen molar-refractivity contribution in [1.29, 1.82) is 0 Å². The van der Waals surface area contributed by atoms with Gasteiger partial charge in [0.25, 0.3) is 0 Å². The molecule has 0 aliphatic carbocycles. The third-order valence-electron chi connectivity index (χ3n) is 12.9. The number of benzene rings is 8. The molecule has 68 heavy (non-hydrogen) atoms. The molecule has 5 heterocycles. The molecule has 6 nitrogen and oxygen atoms in total. The van der Waals surface area contributed by atoms with Crippen LogP contribution >= 0.6 is 0 Å². The quantitative estimate of drug-likeness (QED) is 0.149. The van der Waals surface area contributed by atoms with Gasteiger partial charge in [0.15, 0.2) is 5.82 Å². The van der Waals surface area contributed by atoms with E-state index >= 15 is 0 Å². The normalized spacial score (nSPS) is 11.5. The zero-order valence-electron chi connectivity index (χ0n) is 36.6. The van der Waals surface area contributed by atoms with E-state index in [1.54, 1.807) is 0 Å². The first-order valence-electron chi connectivity index (χ1n) is 22.8. The van der Waals surface area contributed by atoms with Gasteiger partial charge in [-0.25, -0.2) is 29.9 Å². The van der Waals surface area contributed by atoms with Crippen molar-refractivity contribution >= 4 is 54.4 Å². The van der Waals surface area contributed by atoms with E-state index in [2.05, 4.69) is 164 Å². The first-order chi connectivity index (χ1) is 33.6. The highest BCUT2D eigenvalue weighted by atomic mass is 14.9. The maximum Gasteiger partial charge on any atom is 0.179 e. The Morgan fingerprint density at radius 1 is 0.221 bits per heavy atom. The smallest absolute Gasteiger partial charge is 0.179 e. The number of hydrogen-bond donors (Lipinski definition) is 0. The van der Waals surface area contributed by atoms with Gasteiger partial charge in [0, 0.05) is 49.4 Å². The second-order valence-electron chi connectivity index (χ2n) is 17.1. The van der Waals surface area contributed by atoms with Crippen LogP contribution in [0.15, 0.2) is 231 Å². The average Bonchev–Trinajstić information content (AvgIpc) is 3.42. The van der Waals surface area contributed by atoms with Gasteiger partial charge < -0.3 is 0 Å². The molecule has 0 bridgehead atoms. The van der Waals surface area contributed by atoms with E-state index in [1.165, 1.54) is 0 Å². The van der Waals surface area contributed by atoms with Gasteiger partial charge in [-0.05, 0) is 64.4 Å². The van der Waals surface area contributed by atoms with Gasteiger partial charge in [-0.15, -0.1) is 0 Å². The van der Waals surface area contributed by atoms with Crippen molar-refractivity contribution in [2.24, 2.45) is 0 Å². The number of fused-ring (bicyclic) bond motifs is 6. The number of aromatic nitrogens is 6. The van der Waals surface area contributed by atoms with E-state index in [4.69, 9.17) is 29.9 Å². The minimum absolute atomic E-state index is 0.575. The summed E-state index contributed by atoms with van der Waals surface area (Å²) in [6, 6.07) is 79.9. The number of nitrogens with zero attached hydrogens (tertiary/aromatic N) is 6. The first kappa shape index (κ1) is 39.1. The summed E-state index contributed by atoms with van der Waals surface area (Å²) >= 11 is 0. The van der Waals surface area contributed by atoms with Gasteiger partial charge >= 0.3 is 0 Å². The Bertz CT molecular complexity index is 4020. The zero-order valence-corrected chi connectivity index (χ0v) is 36.6. The first-order valence-corrected chi connectivity index (χ1v) is 22.8. The molecule has 0 radical (unpaired) electrons. The van der Waals surface area contributed by atoms with E-state index in [0.29, 0.717) is 11.5 Å². The van der Waals surface area contributed by atoms with Crippen LogP contribution in [0.1, 0.15) is 0 Å². The number of pyridine rings is 4. The van der Waals surface area contributed by atoms with Gasteiger partial charge in [-0.1, -0.05) is 188 Å². The average molecular weight is 867 g/mol. The number of rotatable bonds is 7. The Morgan fingerprint density at radius 2 is 0.632 bits per heavy atom. The van der Waals surface area contributed by atoms with E-state index in [-0.39, 0.29) is 0 Å². The summed E-state index contributed by atoms with van der Waals surface area (Å²) in [7, 11) is 0. The van der Waals surface area contributed by atoms with E-state index < -0.39 is 0 Å². The lowest BCUT2D eigenvalue weighted by molar-refractivity contribution is 1.16. The van der Waals surface area contributed by atoms with Crippen LogP contribution in [-0.2, 0) is 0 Å². The lowest BCUT2D eigenvalue weighted by Crippen LogP contribution is -1.97. The van der Waals surface area contributed by atoms with Crippen molar-refractivity contribution < 1.29 is 0 Å². The Labute approximate surface area is 392 Å². The lowest BCUT2D eigenvalue weighted by Gasteiger charge is -2.13. The van der Waals surface area contributed by atoms with Crippen LogP contribution in [0.25, 0.3) is 133 Å². The molecule has 0 saturated heterocycles. The molecule has 5 aromatic heterocycles. The maximum atomic E-state index is 5.33. The Morgan fingerprint density at radius 3 is 1.25 bits per heavy atom. The predicted molar refractivity (Wildman–Crippen MR) is 279 cm³/mol. The minimum atomic E-state index is 0.575. The summed E-state index contributed by atoms with van der Waals surface area (Å²) in [5, 5.41) is 6.50. The topological polar surface area (TPSA) is 77.3 Å². The summed E-state index contributed by atoms with van der Waals surface area (Å²) in [5.41, 5.74) is 16.1. The third-order valence-corrected chi connectivity index (χ3v) is 12.9. The highest BCUT2D eigenvalue weighted by Gasteiger charge is 2.16. The van der Waals surface area contributed by atoms with Crippen molar-refractivity contribution in [3.8, 4) is 78.9 Å². The van der Waals surface area contributed by atoms with Crippen molar-refractivity contribution in [1.82, 2.24) is 29.9 Å². The van der Waals surface area contributed by atoms with Gasteiger partial charge in [0.05, 0.1) is 50.5 Å². The van der Waals surface area contributed by atoms with Crippen molar-refractivity contribution in [2.75, 3.05) is 0 Å². The number of hydrogen-bond acceptors (Lipinski definition) is 6. The Hall–Kier alpha value is -9.26. The third kappa shape index (κ3) is 7.08. The van der Waals surface area contributed by atoms with E-state index in [1.807, 2.05) is 66.7 Å². The van der Waals surface area contributed by atoms with Crippen molar-refractivity contribution in [3.63, 3.8) is 0 Å². The van der Waals surface area contributed by atoms with Gasteiger partial charge in [-0.3, -0.25) is 0 Å². The molecule has 316 valence electrons. The Kier molecular flexibility index (Phi) is 9.39. The lowest BCUT2D eigenvalue weighted by atomic mass is 9.93. The molecule has 0 aliphatic rings. The highest BCUT2D eigenvalue weighted by Crippen LogP contribution is 2.38. The largest absolute Gasteiger partial charge is 0.248 e. The van der Waals surface area contributed by atoms with Gasteiger partial charge in [0.1, 0.15) is 5.69 Å². The van der Waals surface area contributed by atoms with Crippen molar-refractivity contribution in [3.05, 3.63) is 231 Å². The second-order valence-corrected chi connectivity index (χ2v) is 17.1. The predicted octanol–water partition coefficient (Wildman–Crippen LogP) is 15.5. The molecule has 0 unspecified atom stereocenters. The molecular weight excluding hydrogens is 829 g/mol. The molecule has 0 amide bonds. The summed E-state index contributed by atoms with van der Waals surface area (Å²) in [4.78, 5) is 31.0. The van der Waals surface area contributed by atoms with E-state index in [9.17, 15) is 0 Å². The molecule has 6 heteroatoms. The maximum absolute atomic E-state index is 5.33. The van der Waals surface area contributed by atoms with Crippen LogP contribution in [0.3, 0.4) is 0 Å². The van der Waals surface area contributed by atoms with Crippen LogP contribution in [0.5, 0.6) is 0 Å². The molecule has 0 aliphatic heterocycles. The summed E-state index contributed by atoms with van der Waals surface area (Å²) in [6.45, 7) is 0. The molecule has 8 aromatic carbocycles. The fourth-order valence-electron chi connectivity index (χ4n) is 9.38. The molecule has 0 saturated carbocycles. The van der Waals surface area contributed by atoms with Crippen LogP contribution in [0.4, 0.5) is 0 Å². The van der Waals surface area contributed by atoms with Crippen LogP contribution in [-0.4, -0.2) is 29.9 Å². The Balaban J connectivity index is 0.857. The molecule has 0 atom stereocenters. The molecule has 0 fully saturated rings. The van der Waals surface area contributed by atoms with Crippen molar-refractivity contribution in [2.45, 2.75) is 0 Å². The monoisotopic (exact) mass is 866 g/mol. The second kappa shape index (κ2) is 16.3. The molecular formula is C62H38N6. The fraction of sp³-hybridized carbons (Fsp3) is 0. The summed E-state index contributed by atoms with van der Waals surface area (Å²) in [5.74, 6) is 0.575. The molecule has 13 rings (SSSR count). The van der Waals surface area contributed by atoms with Gasteiger partial charge in [-0.2, -0.15) is 0 Å².